The van der Waals surface area contributed by atoms with Gasteiger partial charge in [0.1, 0.15) is 0 Å². The molecule has 4 aromatic carbocycles. The third-order valence-electron chi connectivity index (χ3n) is 7.92. The average Bonchev–Trinajstić information content (AvgIpc) is 3.10. The molecule has 2 nitrogen and oxygen atoms in total. The van der Waals surface area contributed by atoms with Gasteiger partial charge in [-0.1, -0.05) is 91.0 Å². The molecule has 0 spiro atoms. The average molecular weight is 458 g/mol. The highest BCUT2D eigenvalue weighted by molar-refractivity contribution is 6.62. The zero-order valence-corrected chi connectivity index (χ0v) is 21.0. The molecule has 3 heteroatoms. The van der Waals surface area contributed by atoms with Crippen LogP contribution >= 0.6 is 0 Å². The summed E-state index contributed by atoms with van der Waals surface area (Å²) in [6.45, 7) is 8.43. The maximum absolute atomic E-state index is 6.43. The molecular formula is C32H31BO2. The minimum absolute atomic E-state index is 0.374. The van der Waals surface area contributed by atoms with Gasteiger partial charge in [0.25, 0.3) is 0 Å². The van der Waals surface area contributed by atoms with Crippen LogP contribution in [0.1, 0.15) is 46.1 Å². The second-order valence-corrected chi connectivity index (χ2v) is 10.7. The van der Waals surface area contributed by atoms with E-state index in [1.165, 1.54) is 43.8 Å². The quantitative estimate of drug-likeness (QED) is 0.231. The molecule has 0 amide bonds. The van der Waals surface area contributed by atoms with Gasteiger partial charge in [-0.05, 0) is 89.8 Å². The van der Waals surface area contributed by atoms with Crippen molar-refractivity contribution in [2.75, 3.05) is 0 Å². The molecule has 0 bridgehead atoms. The summed E-state index contributed by atoms with van der Waals surface area (Å²) in [5, 5.41) is 5.05. The Morgan fingerprint density at radius 3 is 2.00 bits per heavy atom. The van der Waals surface area contributed by atoms with Crippen LogP contribution in [0.5, 0.6) is 0 Å². The third-order valence-corrected chi connectivity index (χ3v) is 7.92. The summed E-state index contributed by atoms with van der Waals surface area (Å²) >= 11 is 0. The summed E-state index contributed by atoms with van der Waals surface area (Å²) < 4.78 is 12.9. The molecule has 0 radical (unpaired) electrons. The van der Waals surface area contributed by atoms with Crippen LogP contribution < -0.4 is 5.46 Å². The van der Waals surface area contributed by atoms with E-state index in [1.54, 1.807) is 0 Å². The van der Waals surface area contributed by atoms with Crippen LogP contribution in [0.4, 0.5) is 0 Å². The Morgan fingerprint density at radius 1 is 0.657 bits per heavy atom. The molecule has 35 heavy (non-hydrogen) atoms. The Labute approximate surface area is 208 Å². The van der Waals surface area contributed by atoms with Gasteiger partial charge in [-0.15, -0.1) is 0 Å². The zero-order valence-electron chi connectivity index (χ0n) is 21.0. The lowest BCUT2D eigenvalue weighted by Gasteiger charge is -2.32. The number of rotatable bonds is 3. The smallest absolute Gasteiger partial charge is 0.399 e. The third kappa shape index (κ3) is 3.66. The normalized spacial score (nSPS) is 18.9. The Hall–Kier alpha value is -3.14. The van der Waals surface area contributed by atoms with Crippen molar-refractivity contribution in [2.45, 2.75) is 51.7 Å². The molecule has 0 saturated carbocycles. The van der Waals surface area contributed by atoms with E-state index in [4.69, 9.17) is 9.31 Å². The SMILES string of the molecule is CC1(C)OB(c2ccc3c(c2)c(-c2ccccc2)c(C2=CCCC=C2)c2ccccc23)OC1(C)C. The molecule has 2 aliphatic rings. The molecule has 6 rings (SSSR count). The molecular weight excluding hydrogens is 427 g/mol. The highest BCUT2D eigenvalue weighted by Crippen LogP contribution is 2.43. The molecule has 1 aliphatic carbocycles. The summed E-state index contributed by atoms with van der Waals surface area (Å²) in [6.07, 6.45) is 9.14. The van der Waals surface area contributed by atoms with Crippen molar-refractivity contribution in [3.8, 4) is 11.1 Å². The van der Waals surface area contributed by atoms with E-state index >= 15 is 0 Å². The van der Waals surface area contributed by atoms with Crippen molar-refractivity contribution in [3.05, 3.63) is 96.6 Å². The van der Waals surface area contributed by atoms with E-state index in [-0.39, 0.29) is 11.2 Å². The first-order chi connectivity index (χ1) is 16.9. The van der Waals surface area contributed by atoms with Crippen LogP contribution in [0.3, 0.4) is 0 Å². The monoisotopic (exact) mass is 458 g/mol. The van der Waals surface area contributed by atoms with Gasteiger partial charge < -0.3 is 9.31 Å². The van der Waals surface area contributed by atoms with Gasteiger partial charge in [0, 0.05) is 0 Å². The van der Waals surface area contributed by atoms with Gasteiger partial charge >= 0.3 is 7.12 Å². The Kier molecular flexibility index (Phi) is 5.25. The second kappa shape index (κ2) is 8.22. The van der Waals surface area contributed by atoms with E-state index in [0.717, 1.165) is 18.3 Å². The predicted molar refractivity (Wildman–Crippen MR) is 149 cm³/mol. The minimum atomic E-state index is -0.392. The van der Waals surface area contributed by atoms with Crippen LogP contribution in [-0.2, 0) is 9.31 Å². The Morgan fingerprint density at radius 2 is 1.31 bits per heavy atom. The minimum Gasteiger partial charge on any atom is -0.399 e. The second-order valence-electron chi connectivity index (χ2n) is 10.7. The van der Waals surface area contributed by atoms with Crippen LogP contribution in [0.15, 0.2) is 91.0 Å². The molecule has 0 aromatic heterocycles. The maximum Gasteiger partial charge on any atom is 0.494 e. The molecule has 1 aliphatic heterocycles. The van der Waals surface area contributed by atoms with Crippen molar-refractivity contribution in [1.29, 1.82) is 0 Å². The summed E-state index contributed by atoms with van der Waals surface area (Å²) in [5.41, 5.74) is 5.42. The van der Waals surface area contributed by atoms with Gasteiger partial charge in [-0.25, -0.2) is 0 Å². The lowest BCUT2D eigenvalue weighted by molar-refractivity contribution is 0.00578. The van der Waals surface area contributed by atoms with Crippen LogP contribution in [-0.4, -0.2) is 18.3 Å². The summed E-state index contributed by atoms with van der Waals surface area (Å²) in [6, 6.07) is 26.3. The molecule has 4 aromatic rings. The molecule has 0 N–H and O–H groups in total. The lowest BCUT2D eigenvalue weighted by Crippen LogP contribution is -2.41. The van der Waals surface area contributed by atoms with Gasteiger partial charge in [-0.2, -0.15) is 0 Å². The highest BCUT2D eigenvalue weighted by Gasteiger charge is 2.51. The van der Waals surface area contributed by atoms with Crippen LogP contribution in [0.25, 0.3) is 38.2 Å². The van der Waals surface area contributed by atoms with Gasteiger partial charge in [0.15, 0.2) is 0 Å². The van der Waals surface area contributed by atoms with Crippen molar-refractivity contribution in [1.82, 2.24) is 0 Å². The number of benzene rings is 4. The Balaban J connectivity index is 1.68. The standard InChI is InChI=1S/C32H31BO2/c1-31(2)32(3,4)35-33(34-31)24-19-20-26-25-17-11-12-18-27(25)29(22-13-7-5-8-14-22)30(28(26)21-24)23-15-9-6-10-16-23/h6-7,9-21H,5,8H2,1-4H3. The van der Waals surface area contributed by atoms with Gasteiger partial charge in [0.2, 0.25) is 0 Å². The molecule has 1 fully saturated rings. The molecule has 0 unspecified atom stereocenters. The van der Waals surface area contributed by atoms with E-state index in [0.29, 0.717) is 0 Å². The fraction of sp³-hybridized carbons (Fsp3) is 0.250. The van der Waals surface area contributed by atoms with E-state index in [1.807, 2.05) is 0 Å². The van der Waals surface area contributed by atoms with Gasteiger partial charge in [0.05, 0.1) is 11.2 Å². The number of fused-ring (bicyclic) bond motifs is 3. The van der Waals surface area contributed by atoms with Crippen LogP contribution in [0, 0.1) is 0 Å². The topological polar surface area (TPSA) is 18.5 Å². The fourth-order valence-corrected chi connectivity index (χ4v) is 5.34. The molecule has 1 saturated heterocycles. The zero-order chi connectivity index (χ0) is 24.2. The largest absolute Gasteiger partial charge is 0.494 e. The van der Waals surface area contributed by atoms with E-state index < -0.39 is 7.12 Å². The number of hydrogen-bond acceptors (Lipinski definition) is 2. The summed E-state index contributed by atoms with van der Waals surface area (Å²) in [7, 11) is -0.392. The van der Waals surface area contributed by atoms with Gasteiger partial charge in [-0.3, -0.25) is 0 Å². The maximum atomic E-state index is 6.43. The first-order valence-electron chi connectivity index (χ1n) is 12.6. The molecule has 174 valence electrons. The van der Waals surface area contributed by atoms with Crippen LogP contribution in [0.2, 0.25) is 0 Å². The van der Waals surface area contributed by atoms with Crippen molar-refractivity contribution < 1.29 is 9.31 Å². The molecule has 0 atom stereocenters. The Bertz CT molecular complexity index is 1480. The first-order valence-corrected chi connectivity index (χ1v) is 12.6. The lowest BCUT2D eigenvalue weighted by atomic mass is 9.76. The van der Waals surface area contributed by atoms with E-state index in [9.17, 15) is 0 Å². The molecule has 1 heterocycles. The van der Waals surface area contributed by atoms with Crippen molar-refractivity contribution >= 4 is 39.7 Å². The predicted octanol–water partition coefficient (Wildman–Crippen LogP) is 7.69. The number of hydrogen-bond donors (Lipinski definition) is 0. The van der Waals surface area contributed by atoms with E-state index in [2.05, 4.69) is 119 Å². The van der Waals surface area contributed by atoms with Crippen molar-refractivity contribution in [3.63, 3.8) is 0 Å². The fourth-order valence-electron chi connectivity index (χ4n) is 5.34. The van der Waals surface area contributed by atoms with Crippen molar-refractivity contribution in [2.24, 2.45) is 0 Å². The highest BCUT2D eigenvalue weighted by atomic mass is 16.7. The number of allylic oxidation sites excluding steroid dienone is 4. The summed E-state index contributed by atoms with van der Waals surface area (Å²) in [4.78, 5) is 0. The summed E-state index contributed by atoms with van der Waals surface area (Å²) in [5.74, 6) is 0. The first kappa shape index (κ1) is 22.3.